The van der Waals surface area contributed by atoms with Crippen molar-refractivity contribution in [3.05, 3.63) is 24.3 Å². The Morgan fingerprint density at radius 2 is 2.05 bits per heavy atom. The zero-order chi connectivity index (χ0) is 14.0. The Morgan fingerprint density at radius 1 is 1.37 bits per heavy atom. The van der Waals surface area contributed by atoms with Crippen LogP contribution in [0.25, 0.3) is 0 Å². The fraction of sp³-hybridized carbons (Fsp3) is 0.462. The minimum Gasteiger partial charge on any atom is -0.481 e. The van der Waals surface area contributed by atoms with Crippen molar-refractivity contribution in [2.45, 2.75) is 17.7 Å². The van der Waals surface area contributed by atoms with Crippen LogP contribution in [-0.2, 0) is 14.6 Å². The van der Waals surface area contributed by atoms with E-state index in [0.29, 0.717) is 25.2 Å². The summed E-state index contributed by atoms with van der Waals surface area (Å²) in [5, 5.41) is 9.09. The molecule has 1 aliphatic rings. The molecule has 1 atom stereocenters. The van der Waals surface area contributed by atoms with Crippen LogP contribution in [0, 0.1) is 5.92 Å². The topological polar surface area (TPSA) is 74.7 Å². The van der Waals surface area contributed by atoms with Crippen LogP contribution in [0.1, 0.15) is 12.8 Å². The van der Waals surface area contributed by atoms with E-state index in [1.54, 1.807) is 24.3 Å². The summed E-state index contributed by atoms with van der Waals surface area (Å²) in [5.41, 5.74) is 0.607. The highest BCUT2D eigenvalue weighted by Gasteiger charge is 2.27. The summed E-state index contributed by atoms with van der Waals surface area (Å²) in [6.45, 7) is 1.05. The third-order valence-electron chi connectivity index (χ3n) is 3.38. The second-order valence-electron chi connectivity index (χ2n) is 4.86. The molecule has 5 nitrogen and oxygen atoms in total. The van der Waals surface area contributed by atoms with Crippen LogP contribution in [0.4, 0.5) is 5.69 Å². The van der Waals surface area contributed by atoms with E-state index in [1.165, 1.54) is 6.26 Å². The molecule has 1 saturated heterocycles. The molecule has 0 aromatic heterocycles. The van der Waals surface area contributed by atoms with Crippen LogP contribution in [-0.4, -0.2) is 38.8 Å². The van der Waals surface area contributed by atoms with Crippen LogP contribution in [0.3, 0.4) is 0 Å². The van der Waals surface area contributed by atoms with Crippen molar-refractivity contribution in [3.8, 4) is 0 Å². The van der Waals surface area contributed by atoms with Crippen molar-refractivity contribution in [1.82, 2.24) is 0 Å². The highest BCUT2D eigenvalue weighted by molar-refractivity contribution is 7.90. The number of anilines is 1. The second kappa shape index (κ2) is 5.21. The molecule has 1 aromatic carbocycles. The smallest absolute Gasteiger partial charge is 0.308 e. The summed E-state index contributed by atoms with van der Waals surface area (Å²) in [6, 6.07) is 6.75. The molecule has 0 radical (unpaired) electrons. The normalized spacial score (nSPS) is 20.3. The minimum absolute atomic E-state index is 0.265. The van der Waals surface area contributed by atoms with Gasteiger partial charge in [-0.1, -0.05) is 12.1 Å². The van der Waals surface area contributed by atoms with Crippen LogP contribution in [0.5, 0.6) is 0 Å². The first-order chi connectivity index (χ1) is 8.89. The second-order valence-corrected chi connectivity index (χ2v) is 6.85. The van der Waals surface area contributed by atoms with E-state index in [-0.39, 0.29) is 4.90 Å². The summed E-state index contributed by atoms with van der Waals surface area (Å²) in [7, 11) is -3.31. The van der Waals surface area contributed by atoms with Crippen molar-refractivity contribution in [2.24, 2.45) is 5.92 Å². The highest BCUT2D eigenvalue weighted by atomic mass is 32.2. The average Bonchev–Trinajstić information content (AvgIpc) is 2.38. The summed E-state index contributed by atoms with van der Waals surface area (Å²) in [5.74, 6) is -1.25. The van der Waals surface area contributed by atoms with Gasteiger partial charge < -0.3 is 10.0 Å². The molecule has 6 heteroatoms. The van der Waals surface area contributed by atoms with Crippen molar-refractivity contribution in [2.75, 3.05) is 24.2 Å². The number of hydrogen-bond donors (Lipinski definition) is 1. The van der Waals surface area contributed by atoms with Gasteiger partial charge in [-0.15, -0.1) is 0 Å². The number of nitrogens with zero attached hydrogens (tertiary/aromatic N) is 1. The number of benzene rings is 1. The number of rotatable bonds is 3. The van der Waals surface area contributed by atoms with Crippen molar-refractivity contribution < 1.29 is 18.3 Å². The SMILES string of the molecule is CS(=O)(=O)c1ccccc1N1CCCC(C(=O)O)C1. The molecule has 0 saturated carbocycles. The average molecular weight is 283 g/mol. The van der Waals surface area contributed by atoms with E-state index in [9.17, 15) is 13.2 Å². The summed E-state index contributed by atoms with van der Waals surface area (Å²) in [4.78, 5) is 13.2. The molecular formula is C13H17NO4S. The maximum atomic E-state index is 11.8. The number of para-hydroxylation sites is 1. The van der Waals surface area contributed by atoms with Gasteiger partial charge in [-0.3, -0.25) is 4.79 Å². The Kier molecular flexibility index (Phi) is 3.80. The van der Waals surface area contributed by atoms with Crippen LogP contribution < -0.4 is 4.90 Å². The zero-order valence-corrected chi connectivity index (χ0v) is 11.6. The molecule has 1 aliphatic heterocycles. The van der Waals surface area contributed by atoms with Crippen molar-refractivity contribution in [3.63, 3.8) is 0 Å². The maximum absolute atomic E-state index is 11.8. The lowest BCUT2D eigenvalue weighted by Crippen LogP contribution is -2.39. The molecular weight excluding hydrogens is 266 g/mol. The van der Waals surface area contributed by atoms with Crippen LogP contribution in [0.15, 0.2) is 29.2 Å². The molecule has 1 N–H and O–H groups in total. The van der Waals surface area contributed by atoms with Gasteiger partial charge in [-0.2, -0.15) is 0 Å². The number of piperidine rings is 1. The van der Waals surface area contributed by atoms with Gasteiger partial charge in [0.2, 0.25) is 0 Å². The van der Waals surface area contributed by atoms with E-state index in [1.807, 2.05) is 4.90 Å². The molecule has 19 heavy (non-hydrogen) atoms. The van der Waals surface area contributed by atoms with Gasteiger partial charge in [0.05, 0.1) is 16.5 Å². The Bertz CT molecular complexity index is 582. The Labute approximate surface area is 112 Å². The third-order valence-corrected chi connectivity index (χ3v) is 4.52. The first-order valence-corrected chi connectivity index (χ1v) is 8.05. The summed E-state index contributed by atoms with van der Waals surface area (Å²) >= 11 is 0. The van der Waals surface area contributed by atoms with Gasteiger partial charge in [0.1, 0.15) is 0 Å². The van der Waals surface area contributed by atoms with Crippen LogP contribution >= 0.6 is 0 Å². The maximum Gasteiger partial charge on any atom is 0.308 e. The lowest BCUT2D eigenvalue weighted by molar-refractivity contribution is -0.141. The van der Waals surface area contributed by atoms with Crippen molar-refractivity contribution in [1.29, 1.82) is 0 Å². The molecule has 104 valence electrons. The lowest BCUT2D eigenvalue weighted by Gasteiger charge is -2.33. The molecule has 1 unspecified atom stereocenters. The molecule has 0 amide bonds. The number of aliphatic carboxylic acids is 1. The van der Waals surface area contributed by atoms with E-state index >= 15 is 0 Å². The van der Waals surface area contributed by atoms with Gasteiger partial charge in [0, 0.05) is 19.3 Å². The van der Waals surface area contributed by atoms with Gasteiger partial charge in [-0.25, -0.2) is 8.42 Å². The monoisotopic (exact) mass is 283 g/mol. The first kappa shape index (κ1) is 13.9. The summed E-state index contributed by atoms with van der Waals surface area (Å²) < 4.78 is 23.5. The number of carbonyl (C=O) groups is 1. The minimum atomic E-state index is -3.31. The van der Waals surface area contributed by atoms with E-state index in [2.05, 4.69) is 0 Å². The lowest BCUT2D eigenvalue weighted by atomic mass is 9.98. The zero-order valence-electron chi connectivity index (χ0n) is 10.7. The predicted molar refractivity (Wildman–Crippen MR) is 72.1 cm³/mol. The molecule has 0 aliphatic carbocycles. The Morgan fingerprint density at radius 3 is 2.68 bits per heavy atom. The standard InChI is InChI=1S/C13H17NO4S/c1-19(17,18)12-7-3-2-6-11(12)14-8-4-5-10(9-14)13(15)16/h2-3,6-7,10H,4-5,8-9H2,1H3,(H,15,16). The largest absolute Gasteiger partial charge is 0.481 e. The highest BCUT2D eigenvalue weighted by Crippen LogP contribution is 2.29. The molecule has 2 rings (SSSR count). The van der Waals surface area contributed by atoms with Gasteiger partial charge in [-0.05, 0) is 25.0 Å². The van der Waals surface area contributed by atoms with Crippen molar-refractivity contribution >= 4 is 21.5 Å². The number of sulfone groups is 1. The van der Waals surface area contributed by atoms with Gasteiger partial charge in [0.25, 0.3) is 0 Å². The predicted octanol–water partition coefficient (Wildman–Crippen LogP) is 1.39. The quantitative estimate of drug-likeness (QED) is 0.907. The van der Waals surface area contributed by atoms with E-state index < -0.39 is 21.7 Å². The Balaban J connectivity index is 2.34. The molecule has 1 aromatic rings. The number of hydrogen-bond acceptors (Lipinski definition) is 4. The Hall–Kier alpha value is -1.56. The summed E-state index contributed by atoms with van der Waals surface area (Å²) in [6.07, 6.45) is 2.58. The van der Waals surface area contributed by atoms with E-state index in [0.717, 1.165) is 6.42 Å². The first-order valence-electron chi connectivity index (χ1n) is 6.16. The fourth-order valence-corrected chi connectivity index (χ4v) is 3.33. The molecule has 0 spiro atoms. The number of carboxylic acids is 1. The molecule has 1 heterocycles. The van der Waals surface area contributed by atoms with Gasteiger partial charge >= 0.3 is 5.97 Å². The van der Waals surface area contributed by atoms with Crippen LogP contribution in [0.2, 0.25) is 0 Å². The fourth-order valence-electron chi connectivity index (χ4n) is 2.43. The number of carboxylic acid groups (broad SMARTS) is 1. The van der Waals surface area contributed by atoms with E-state index in [4.69, 9.17) is 5.11 Å². The van der Waals surface area contributed by atoms with Gasteiger partial charge in [0.15, 0.2) is 9.84 Å². The molecule has 0 bridgehead atoms. The molecule has 1 fully saturated rings. The third kappa shape index (κ3) is 3.07.